The molecule has 0 spiro atoms. The van der Waals surface area contributed by atoms with Crippen molar-refractivity contribution in [3.8, 4) is 0 Å². The van der Waals surface area contributed by atoms with Crippen LogP contribution >= 0.6 is 0 Å². The molecule has 0 radical (unpaired) electrons. The van der Waals surface area contributed by atoms with Crippen LogP contribution in [-0.2, 0) is 14.3 Å². The Kier molecular flexibility index (Phi) is 21.6. The van der Waals surface area contributed by atoms with E-state index in [0.717, 1.165) is 38.5 Å². The molecular weight excluding hydrogens is 339 g/mol. The summed E-state index contributed by atoms with van der Waals surface area (Å²) in [6.07, 6.45) is 14.5. The topological polar surface area (TPSA) is 63.6 Å². The number of aliphatic hydroxyl groups excluding tert-OH is 1. The van der Waals surface area contributed by atoms with E-state index in [2.05, 4.69) is 13.8 Å². The number of esters is 2. The molecule has 0 aliphatic rings. The number of aliphatic hydroxyl groups is 1. The van der Waals surface area contributed by atoms with Gasteiger partial charge < -0.3 is 9.84 Å². The van der Waals surface area contributed by atoms with Crippen LogP contribution in [0.5, 0.6) is 0 Å². The van der Waals surface area contributed by atoms with E-state index in [4.69, 9.17) is 4.74 Å². The van der Waals surface area contributed by atoms with Crippen LogP contribution in [0.15, 0.2) is 0 Å². The maximum absolute atomic E-state index is 12.2. The van der Waals surface area contributed by atoms with Crippen molar-refractivity contribution < 1.29 is 19.4 Å². The summed E-state index contributed by atoms with van der Waals surface area (Å²) in [5.41, 5.74) is 0. The molecule has 0 saturated carbocycles. The second-order valence-electron chi connectivity index (χ2n) is 7.23. The molecule has 1 N–H and O–H groups in total. The van der Waals surface area contributed by atoms with Gasteiger partial charge >= 0.3 is 41.5 Å². The van der Waals surface area contributed by atoms with Crippen LogP contribution in [0.4, 0.5) is 0 Å². The molecule has 0 amide bonds. The third-order valence-electron chi connectivity index (χ3n) is 4.69. The second-order valence-corrected chi connectivity index (χ2v) is 7.23. The summed E-state index contributed by atoms with van der Waals surface area (Å²) in [5, 5.41) is 9.21. The standard InChI is InChI=1S/C21H40O4.Na.H/c1-4-6-8-10-11-13-15-17-19(16-14-12-9-7-5-2)21(24)25-20(23)18(3)22;;/h18-19,22H,4-17H2,1-3H3;;. The number of carbonyl (C=O) groups excluding carboxylic acids is 2. The van der Waals surface area contributed by atoms with Crippen molar-refractivity contribution in [1.29, 1.82) is 0 Å². The van der Waals surface area contributed by atoms with Gasteiger partial charge in [0, 0.05) is 0 Å². The van der Waals surface area contributed by atoms with Crippen LogP contribution in [0.3, 0.4) is 0 Å². The van der Waals surface area contributed by atoms with E-state index < -0.39 is 18.0 Å². The summed E-state index contributed by atoms with van der Waals surface area (Å²) in [5.74, 6) is -1.49. The maximum atomic E-state index is 12.2. The van der Waals surface area contributed by atoms with Gasteiger partial charge in [0.2, 0.25) is 0 Å². The van der Waals surface area contributed by atoms with Gasteiger partial charge in [-0.1, -0.05) is 90.9 Å². The van der Waals surface area contributed by atoms with Crippen molar-refractivity contribution in [2.75, 3.05) is 0 Å². The molecule has 2 atom stereocenters. The van der Waals surface area contributed by atoms with Crippen LogP contribution in [0.1, 0.15) is 111 Å². The normalized spacial score (nSPS) is 12.9. The molecule has 5 heteroatoms. The first kappa shape index (κ1) is 28.3. The van der Waals surface area contributed by atoms with Gasteiger partial charge in [-0.3, -0.25) is 4.79 Å². The Bertz CT molecular complexity index is 345. The molecule has 4 nitrogen and oxygen atoms in total. The molecule has 0 aromatic rings. The zero-order valence-electron chi connectivity index (χ0n) is 16.7. The Balaban J connectivity index is 0. The summed E-state index contributed by atoms with van der Waals surface area (Å²) in [7, 11) is 0. The Morgan fingerprint density at radius 1 is 0.731 bits per heavy atom. The predicted molar refractivity (Wildman–Crippen MR) is 109 cm³/mol. The Labute approximate surface area is 183 Å². The van der Waals surface area contributed by atoms with E-state index in [0.29, 0.717) is 0 Å². The average molecular weight is 381 g/mol. The SMILES string of the molecule is CCCCCCCCCC(CCCCCCC)C(=O)OC(=O)C(C)O.[NaH]. The van der Waals surface area contributed by atoms with E-state index in [1.165, 1.54) is 58.3 Å². The summed E-state index contributed by atoms with van der Waals surface area (Å²) >= 11 is 0. The number of ether oxygens (including phenoxy) is 1. The van der Waals surface area contributed by atoms with Crippen LogP contribution in [0.25, 0.3) is 0 Å². The summed E-state index contributed by atoms with van der Waals surface area (Å²) in [4.78, 5) is 23.7. The van der Waals surface area contributed by atoms with Crippen LogP contribution in [-0.4, -0.2) is 52.7 Å². The third-order valence-corrected chi connectivity index (χ3v) is 4.69. The zero-order valence-corrected chi connectivity index (χ0v) is 16.7. The first-order valence-electron chi connectivity index (χ1n) is 10.5. The number of hydrogen-bond donors (Lipinski definition) is 1. The van der Waals surface area contributed by atoms with Crippen molar-refractivity contribution in [1.82, 2.24) is 0 Å². The number of carbonyl (C=O) groups is 2. The van der Waals surface area contributed by atoms with Crippen molar-refractivity contribution in [3.05, 3.63) is 0 Å². The summed E-state index contributed by atoms with van der Waals surface area (Å²) in [6, 6.07) is 0. The van der Waals surface area contributed by atoms with Gasteiger partial charge in [-0.25, -0.2) is 4.79 Å². The van der Waals surface area contributed by atoms with Gasteiger partial charge in [-0.15, -0.1) is 0 Å². The van der Waals surface area contributed by atoms with Gasteiger partial charge in [-0.2, -0.15) is 0 Å². The Hall–Kier alpha value is 0.1000. The van der Waals surface area contributed by atoms with Gasteiger partial charge in [0.25, 0.3) is 0 Å². The summed E-state index contributed by atoms with van der Waals surface area (Å²) in [6.45, 7) is 5.72. The molecule has 0 saturated heterocycles. The van der Waals surface area contributed by atoms with E-state index in [1.54, 1.807) is 0 Å². The summed E-state index contributed by atoms with van der Waals surface area (Å²) < 4.78 is 4.83. The fourth-order valence-corrected chi connectivity index (χ4v) is 2.99. The molecule has 0 bridgehead atoms. The predicted octanol–water partition coefficient (Wildman–Crippen LogP) is 4.91. The first-order valence-corrected chi connectivity index (χ1v) is 10.5. The molecule has 2 unspecified atom stereocenters. The van der Waals surface area contributed by atoms with E-state index in [9.17, 15) is 14.7 Å². The fourth-order valence-electron chi connectivity index (χ4n) is 2.99. The van der Waals surface area contributed by atoms with Crippen molar-refractivity contribution in [2.24, 2.45) is 5.92 Å². The molecule has 0 aromatic carbocycles. The second kappa shape index (κ2) is 19.9. The quantitative estimate of drug-likeness (QED) is 0.179. The van der Waals surface area contributed by atoms with Crippen molar-refractivity contribution in [3.63, 3.8) is 0 Å². The minimum atomic E-state index is -1.24. The average Bonchev–Trinajstić information content (AvgIpc) is 2.58. The Morgan fingerprint density at radius 2 is 1.12 bits per heavy atom. The van der Waals surface area contributed by atoms with Crippen LogP contribution in [0, 0.1) is 5.92 Å². The number of hydrogen-bond acceptors (Lipinski definition) is 4. The van der Waals surface area contributed by atoms with E-state index in [1.807, 2.05) is 0 Å². The monoisotopic (exact) mass is 380 g/mol. The van der Waals surface area contributed by atoms with Gasteiger partial charge in [0.05, 0.1) is 5.92 Å². The molecular formula is C21H41NaO4. The molecule has 0 fully saturated rings. The fraction of sp³-hybridized carbons (Fsp3) is 0.905. The zero-order chi connectivity index (χ0) is 18.9. The molecule has 0 heterocycles. The molecule has 0 aliphatic carbocycles. The van der Waals surface area contributed by atoms with Gasteiger partial charge in [-0.05, 0) is 19.8 Å². The Morgan fingerprint density at radius 3 is 1.50 bits per heavy atom. The first-order chi connectivity index (χ1) is 12.0. The van der Waals surface area contributed by atoms with Crippen molar-refractivity contribution >= 4 is 41.5 Å². The third kappa shape index (κ3) is 16.3. The van der Waals surface area contributed by atoms with Crippen LogP contribution < -0.4 is 0 Å². The molecule has 0 rings (SSSR count). The minimum absolute atomic E-state index is 0. The molecule has 0 aromatic heterocycles. The molecule has 0 aliphatic heterocycles. The number of rotatable bonds is 16. The van der Waals surface area contributed by atoms with Gasteiger partial charge in [0.15, 0.2) is 0 Å². The van der Waals surface area contributed by atoms with Crippen molar-refractivity contribution in [2.45, 2.75) is 117 Å². The van der Waals surface area contributed by atoms with E-state index in [-0.39, 0.29) is 35.5 Å². The molecule has 26 heavy (non-hydrogen) atoms. The van der Waals surface area contributed by atoms with Gasteiger partial charge in [0.1, 0.15) is 6.10 Å². The molecule has 150 valence electrons. The van der Waals surface area contributed by atoms with E-state index >= 15 is 0 Å². The van der Waals surface area contributed by atoms with Crippen LogP contribution in [0.2, 0.25) is 0 Å². The number of unbranched alkanes of at least 4 members (excludes halogenated alkanes) is 10.